The molecule has 4 heterocycles. The number of nitrogens with one attached hydrogen (secondary N) is 2. The Hall–Kier alpha value is -5.51. The maximum absolute atomic E-state index is 15.6. The second kappa shape index (κ2) is 25.6. The van der Waals surface area contributed by atoms with Gasteiger partial charge in [-0.25, -0.2) is 14.3 Å². The van der Waals surface area contributed by atoms with Crippen molar-refractivity contribution in [3.8, 4) is 17.6 Å². The third-order valence-electron chi connectivity index (χ3n) is 13.6. The molecule has 19 nitrogen and oxygen atoms in total. The molecule has 75 heavy (non-hydrogen) atoms. The van der Waals surface area contributed by atoms with Gasteiger partial charge in [0.2, 0.25) is 7.37 Å². The monoisotopic (exact) mass is 1070 g/mol. The Bertz CT molecular complexity index is 2960. The van der Waals surface area contributed by atoms with E-state index in [9.17, 15) is 24.4 Å². The highest BCUT2D eigenvalue weighted by Gasteiger charge is 2.47. The minimum absolute atomic E-state index is 0.00652. The van der Waals surface area contributed by atoms with Crippen LogP contribution in [0.2, 0.25) is 0 Å². The Balaban J connectivity index is 1.25. The molecule has 2 saturated heterocycles. The predicted octanol–water partition coefficient (Wildman–Crippen LogP) is 8.29. The van der Waals surface area contributed by atoms with E-state index in [0.717, 1.165) is 16.7 Å². The average Bonchev–Trinajstić information content (AvgIpc) is 3.99. The first-order valence-corrected chi connectivity index (χ1v) is 28.5. The summed E-state index contributed by atoms with van der Waals surface area (Å²) in [5.41, 5.74) is -0.552. The van der Waals surface area contributed by atoms with E-state index in [1.54, 1.807) is 35.0 Å². The number of methoxy groups -OCH3 is 2. The number of ether oxygens (including phenoxy) is 5. The van der Waals surface area contributed by atoms with Gasteiger partial charge in [0.05, 0.1) is 64.8 Å². The zero-order valence-corrected chi connectivity index (χ0v) is 45.9. The van der Waals surface area contributed by atoms with E-state index in [1.807, 2.05) is 107 Å². The zero-order chi connectivity index (χ0) is 54.0. The molecule has 0 aliphatic carbocycles. The molecule has 2 N–H and O–H groups in total. The van der Waals surface area contributed by atoms with Crippen molar-refractivity contribution in [2.24, 2.45) is 5.92 Å². The fourth-order valence-corrected chi connectivity index (χ4v) is 14.4. The summed E-state index contributed by atoms with van der Waals surface area (Å²) < 4.78 is 71.9. The van der Waals surface area contributed by atoms with Crippen LogP contribution in [-0.2, 0) is 37.9 Å². The molecule has 0 radical (unpaired) electrons. The van der Waals surface area contributed by atoms with Crippen molar-refractivity contribution < 1.29 is 41.8 Å². The number of aromatic nitrogens is 4. The molecule has 21 heteroatoms. The Labute approximate surface area is 438 Å². The summed E-state index contributed by atoms with van der Waals surface area (Å²) in [5.74, 6) is 0.784. The summed E-state index contributed by atoms with van der Waals surface area (Å²) in [5, 5.41) is 9.40. The molecule has 8 atom stereocenters. The topological polar surface area (TPSA) is 228 Å². The van der Waals surface area contributed by atoms with Gasteiger partial charge >= 0.3 is 11.4 Å². The first-order valence-electron chi connectivity index (χ1n) is 25.3. The first-order chi connectivity index (χ1) is 35.9. The number of aryl methyl sites for hydroxylation is 2. The minimum Gasteiger partial charge on any atom is -0.497 e. The van der Waals surface area contributed by atoms with Crippen LogP contribution in [-0.4, -0.2) is 101 Å². The van der Waals surface area contributed by atoms with Crippen molar-refractivity contribution in [3.63, 3.8) is 0 Å². The first kappa shape index (κ1) is 57.2. The molecule has 5 aromatic rings. The molecule has 3 aromatic carbocycles. The van der Waals surface area contributed by atoms with Gasteiger partial charge in [-0.2, -0.15) is 5.26 Å². The lowest BCUT2D eigenvalue weighted by Gasteiger charge is -2.37. The van der Waals surface area contributed by atoms with Crippen molar-refractivity contribution >= 4 is 15.9 Å². The summed E-state index contributed by atoms with van der Waals surface area (Å²) in [4.78, 5) is 56.6. The maximum Gasteiger partial charge on any atom is 0.330 e. The molecule has 2 aromatic heterocycles. The summed E-state index contributed by atoms with van der Waals surface area (Å²) in [7, 11) is -2.20. The fourth-order valence-electron chi connectivity index (χ4n) is 9.98. The second-order valence-corrected chi connectivity index (χ2v) is 23.5. The smallest absolute Gasteiger partial charge is 0.330 e. The largest absolute Gasteiger partial charge is 0.497 e. The van der Waals surface area contributed by atoms with Crippen LogP contribution in [0.4, 0.5) is 0 Å². The van der Waals surface area contributed by atoms with Crippen LogP contribution in [0.5, 0.6) is 11.5 Å². The molecular weight excluding hydrogens is 1000 g/mol. The van der Waals surface area contributed by atoms with Gasteiger partial charge in [-0.15, -0.1) is 0 Å². The van der Waals surface area contributed by atoms with E-state index < -0.39 is 80.7 Å². The molecule has 7 rings (SSSR count). The van der Waals surface area contributed by atoms with Crippen LogP contribution in [0.3, 0.4) is 0 Å². The number of nitriles is 1. The highest BCUT2D eigenvalue weighted by atomic mass is 31.2. The summed E-state index contributed by atoms with van der Waals surface area (Å²) in [6.45, 7) is 13.3. The summed E-state index contributed by atoms with van der Waals surface area (Å²) in [6.07, 6.45) is -0.227. The van der Waals surface area contributed by atoms with Gasteiger partial charge in [-0.1, -0.05) is 54.6 Å². The van der Waals surface area contributed by atoms with Crippen LogP contribution >= 0.6 is 15.9 Å². The standard InChI is InChI=1S/C54H70N6O13P2/c1-10-70-75(65,28-25-45-46(30-49(71-45)59-32-38(7)51(62)57-53(59)64)73-74(69-27-14-26-55)60(35(2)3)36(4)5)34-39-29-48(58-31-37(6)50(61)56-52(58)63)72-47(39)33-68-54(40-15-12-11-13-16-40,41-17-21-43(66-8)22-18-41)42-19-23-44(67-9)24-20-42/h11-13,15-24,31-32,35-36,39,45-49H,10,14,25,27-30,33-34H2,1-9H3,(H,56,61,63)(H,57,62,64)/t39-,45-,46+,47-,48-,49-,74?,75-/m1/s1. The third-order valence-corrected chi connectivity index (χ3v) is 18.5. The summed E-state index contributed by atoms with van der Waals surface area (Å²) >= 11 is 0. The fraction of sp³-hybridized carbons (Fsp3) is 0.500. The Kier molecular flexibility index (Phi) is 19.5. The van der Waals surface area contributed by atoms with Gasteiger partial charge in [0.1, 0.15) is 29.6 Å². The number of H-pyrrole nitrogens is 2. The SMILES string of the molecule is CCO[P@](=O)(CC[C@H]1O[C@@H](n2cc(C)c(=O)[nH]c2=O)C[C@@H]1OP(OCCC#N)N(C(C)C)C(C)C)C[C@H]1C[C@H](n2cc(C)c(=O)[nH]c2=O)O[C@@H]1COC(c1ccccc1)(c1ccc(OC)cc1)c1ccc(OC)cc1. The van der Waals surface area contributed by atoms with E-state index in [0.29, 0.717) is 22.6 Å². The van der Waals surface area contributed by atoms with E-state index in [2.05, 4.69) is 20.7 Å². The number of benzene rings is 3. The highest BCUT2D eigenvalue weighted by molar-refractivity contribution is 7.59. The van der Waals surface area contributed by atoms with Crippen molar-refractivity contribution in [1.82, 2.24) is 23.8 Å². The lowest BCUT2D eigenvalue weighted by atomic mass is 9.80. The Morgan fingerprint density at radius 2 is 1.31 bits per heavy atom. The van der Waals surface area contributed by atoms with E-state index in [-0.39, 0.29) is 69.9 Å². The highest BCUT2D eigenvalue weighted by Crippen LogP contribution is 2.55. The van der Waals surface area contributed by atoms with Crippen LogP contribution in [0.1, 0.15) is 101 Å². The van der Waals surface area contributed by atoms with E-state index >= 15 is 4.57 Å². The molecule has 1 unspecified atom stereocenters. The molecule has 0 spiro atoms. The third kappa shape index (κ3) is 13.4. The van der Waals surface area contributed by atoms with Gasteiger partial charge in [-0.05, 0) is 102 Å². The molecule has 2 fully saturated rings. The van der Waals surface area contributed by atoms with Crippen LogP contribution in [0.25, 0.3) is 0 Å². The Morgan fingerprint density at radius 1 is 0.787 bits per heavy atom. The van der Waals surface area contributed by atoms with Gasteiger partial charge in [0, 0.05) is 60.3 Å². The molecule has 0 amide bonds. The second-order valence-electron chi connectivity index (χ2n) is 19.4. The van der Waals surface area contributed by atoms with E-state index in [4.69, 9.17) is 37.3 Å². The van der Waals surface area contributed by atoms with E-state index in [1.165, 1.54) is 21.5 Å². The van der Waals surface area contributed by atoms with Crippen LogP contribution in [0, 0.1) is 31.1 Å². The van der Waals surface area contributed by atoms with Gasteiger partial charge in [-0.3, -0.25) is 33.3 Å². The van der Waals surface area contributed by atoms with Crippen molar-refractivity contribution in [2.75, 3.05) is 46.4 Å². The number of rotatable bonds is 25. The van der Waals surface area contributed by atoms with Gasteiger partial charge in [0.15, 0.2) is 0 Å². The lowest BCUT2D eigenvalue weighted by Crippen LogP contribution is -2.38. The predicted molar refractivity (Wildman–Crippen MR) is 285 cm³/mol. The quantitative estimate of drug-likeness (QED) is 0.0318. The minimum atomic E-state index is -3.64. The molecular formula is C54H70N6O13P2. The van der Waals surface area contributed by atoms with Crippen molar-refractivity contribution in [1.29, 1.82) is 5.26 Å². The maximum atomic E-state index is 15.6. The number of nitrogens with zero attached hydrogens (tertiary/aromatic N) is 4. The van der Waals surface area contributed by atoms with Crippen LogP contribution < -0.4 is 32.0 Å². The van der Waals surface area contributed by atoms with Gasteiger partial charge in [0.25, 0.3) is 19.6 Å². The van der Waals surface area contributed by atoms with Crippen LogP contribution in [0.15, 0.2) is 110 Å². The number of hydrogen-bond acceptors (Lipinski definition) is 15. The zero-order valence-electron chi connectivity index (χ0n) is 44.1. The molecule has 2 aliphatic heterocycles. The molecule has 2 aliphatic rings. The molecule has 404 valence electrons. The van der Waals surface area contributed by atoms with Crippen molar-refractivity contribution in [2.45, 2.75) is 123 Å². The molecule has 0 saturated carbocycles. The lowest BCUT2D eigenvalue weighted by molar-refractivity contribution is -0.0836. The van der Waals surface area contributed by atoms with Gasteiger partial charge < -0.3 is 37.3 Å². The molecule has 0 bridgehead atoms. The van der Waals surface area contributed by atoms with Crippen molar-refractivity contribution in [3.05, 3.63) is 161 Å². The summed E-state index contributed by atoms with van der Waals surface area (Å²) in [6, 6.07) is 27.2. The number of aromatic amines is 2. The average molecular weight is 1070 g/mol. The number of hydrogen-bond donors (Lipinski definition) is 2. The normalized spacial score (nSPS) is 21.1. The Morgan fingerprint density at radius 3 is 1.81 bits per heavy atom.